The van der Waals surface area contributed by atoms with Crippen molar-refractivity contribution >= 4 is 28.8 Å². The second-order valence-corrected chi connectivity index (χ2v) is 10.1. The number of carbonyl (C=O) groups excluding carboxylic acids is 3. The SMILES string of the molecule is COc1ccc2cc1OCC(=O)NCc1ccc(c(OC)c1)O[C@H]1CN(C(=O)c3ccc4nccnc4c3)C[C@@H]1NC2=O. The lowest BCUT2D eigenvalue weighted by atomic mass is 10.1. The maximum Gasteiger partial charge on any atom is 0.258 e. The lowest BCUT2D eigenvalue weighted by Crippen LogP contribution is -2.45. The molecule has 4 bridgehead atoms. The quantitative estimate of drug-likeness (QED) is 0.372. The Hall–Kier alpha value is -5.39. The number of hydrogen-bond donors (Lipinski definition) is 2. The topological polar surface area (TPSA) is 141 Å². The molecular weight excluding hydrogens is 554 g/mol. The molecule has 12 nitrogen and oxygen atoms in total. The van der Waals surface area contributed by atoms with E-state index in [1.807, 2.05) is 6.07 Å². The third kappa shape index (κ3) is 5.85. The van der Waals surface area contributed by atoms with Gasteiger partial charge < -0.3 is 34.5 Å². The zero-order chi connectivity index (χ0) is 29.9. The highest BCUT2D eigenvalue weighted by molar-refractivity contribution is 5.98. The number of carbonyl (C=O) groups is 3. The summed E-state index contributed by atoms with van der Waals surface area (Å²) >= 11 is 0. The molecule has 43 heavy (non-hydrogen) atoms. The second kappa shape index (κ2) is 11.8. The molecule has 0 spiro atoms. The van der Waals surface area contributed by atoms with E-state index in [2.05, 4.69) is 20.6 Å². The molecule has 3 aliphatic rings. The van der Waals surface area contributed by atoms with Gasteiger partial charge in [0.25, 0.3) is 17.7 Å². The minimum absolute atomic E-state index is 0.200. The van der Waals surface area contributed by atoms with Gasteiger partial charge in [-0.1, -0.05) is 6.07 Å². The van der Waals surface area contributed by atoms with E-state index in [4.69, 9.17) is 18.9 Å². The van der Waals surface area contributed by atoms with Gasteiger partial charge >= 0.3 is 0 Å². The predicted molar refractivity (Wildman–Crippen MR) is 154 cm³/mol. The van der Waals surface area contributed by atoms with E-state index in [9.17, 15) is 14.4 Å². The Morgan fingerprint density at radius 1 is 0.907 bits per heavy atom. The number of rotatable bonds is 3. The molecule has 12 heteroatoms. The number of amides is 3. The van der Waals surface area contributed by atoms with Crippen molar-refractivity contribution in [2.75, 3.05) is 33.9 Å². The Balaban J connectivity index is 1.33. The molecule has 7 rings (SSSR count). The molecule has 1 aromatic heterocycles. The normalized spacial score (nSPS) is 18.5. The van der Waals surface area contributed by atoms with Crippen molar-refractivity contribution in [3.8, 4) is 23.0 Å². The molecule has 4 aromatic rings. The van der Waals surface area contributed by atoms with Crippen molar-refractivity contribution in [1.82, 2.24) is 25.5 Å². The summed E-state index contributed by atoms with van der Waals surface area (Å²) in [6.07, 6.45) is 2.57. The van der Waals surface area contributed by atoms with E-state index in [0.29, 0.717) is 39.4 Å². The Kier molecular flexibility index (Phi) is 7.65. The molecule has 3 aromatic carbocycles. The molecular formula is C31H29N5O7. The minimum atomic E-state index is -0.600. The summed E-state index contributed by atoms with van der Waals surface area (Å²) < 4.78 is 23.1. The van der Waals surface area contributed by atoms with Gasteiger partial charge in [-0.25, -0.2) is 0 Å². The van der Waals surface area contributed by atoms with E-state index >= 15 is 0 Å². The summed E-state index contributed by atoms with van der Waals surface area (Å²) in [5.41, 5.74) is 2.82. The summed E-state index contributed by atoms with van der Waals surface area (Å²) in [7, 11) is 3.00. The fraction of sp³-hybridized carbons (Fsp3) is 0.258. The molecule has 0 saturated carbocycles. The van der Waals surface area contributed by atoms with E-state index in [1.165, 1.54) is 20.3 Å². The molecule has 2 atom stereocenters. The lowest BCUT2D eigenvalue weighted by Gasteiger charge is -2.22. The van der Waals surface area contributed by atoms with Crippen LogP contribution in [0.5, 0.6) is 23.0 Å². The summed E-state index contributed by atoms with van der Waals surface area (Å²) in [5.74, 6) is 0.536. The van der Waals surface area contributed by atoms with Gasteiger partial charge in [-0.15, -0.1) is 0 Å². The van der Waals surface area contributed by atoms with Gasteiger partial charge in [-0.2, -0.15) is 0 Å². The fourth-order valence-electron chi connectivity index (χ4n) is 5.14. The van der Waals surface area contributed by atoms with Gasteiger partial charge in [0.15, 0.2) is 29.6 Å². The molecule has 0 unspecified atom stereocenters. The number of aromatic nitrogens is 2. The van der Waals surface area contributed by atoms with Crippen LogP contribution in [0, 0.1) is 0 Å². The molecule has 4 heterocycles. The number of ether oxygens (including phenoxy) is 4. The van der Waals surface area contributed by atoms with Crippen LogP contribution < -0.4 is 29.6 Å². The highest BCUT2D eigenvalue weighted by Gasteiger charge is 2.39. The molecule has 220 valence electrons. The first-order chi connectivity index (χ1) is 20.9. The number of nitrogens with one attached hydrogen (secondary N) is 2. The van der Waals surface area contributed by atoms with Crippen molar-refractivity contribution in [2.45, 2.75) is 18.7 Å². The first-order valence-electron chi connectivity index (χ1n) is 13.6. The number of likely N-dealkylation sites (tertiary alicyclic amines) is 1. The Labute approximate surface area is 246 Å². The molecule has 2 N–H and O–H groups in total. The van der Waals surface area contributed by atoms with Crippen LogP contribution in [-0.2, 0) is 11.3 Å². The monoisotopic (exact) mass is 583 g/mol. The highest BCUT2D eigenvalue weighted by Crippen LogP contribution is 2.32. The summed E-state index contributed by atoms with van der Waals surface area (Å²) in [5, 5.41) is 5.83. The van der Waals surface area contributed by atoms with Crippen LogP contribution in [0.3, 0.4) is 0 Å². The maximum absolute atomic E-state index is 13.6. The molecule has 0 aliphatic carbocycles. The Morgan fingerprint density at radius 2 is 1.72 bits per heavy atom. The number of fused-ring (bicyclic) bond motifs is 8. The zero-order valence-corrected chi connectivity index (χ0v) is 23.5. The summed E-state index contributed by atoms with van der Waals surface area (Å²) in [6.45, 7) is 0.370. The largest absolute Gasteiger partial charge is 0.493 e. The predicted octanol–water partition coefficient (Wildman–Crippen LogP) is 2.36. The van der Waals surface area contributed by atoms with E-state index in [1.54, 1.807) is 59.8 Å². The van der Waals surface area contributed by atoms with Crippen LogP contribution in [0.25, 0.3) is 11.0 Å². The number of hydrogen-bond acceptors (Lipinski definition) is 9. The first-order valence-corrected chi connectivity index (χ1v) is 13.6. The van der Waals surface area contributed by atoms with Gasteiger partial charge in [-0.3, -0.25) is 24.4 Å². The first kappa shape index (κ1) is 27.8. The summed E-state index contributed by atoms with van der Waals surface area (Å²) in [4.78, 5) is 49.8. The third-order valence-corrected chi connectivity index (χ3v) is 7.37. The van der Waals surface area contributed by atoms with Crippen LogP contribution in [0.15, 0.2) is 67.0 Å². The van der Waals surface area contributed by atoms with Crippen molar-refractivity contribution in [3.63, 3.8) is 0 Å². The van der Waals surface area contributed by atoms with Crippen LogP contribution in [0.4, 0.5) is 0 Å². The number of benzene rings is 3. The molecule has 3 amide bonds. The number of methoxy groups -OCH3 is 2. The van der Waals surface area contributed by atoms with Crippen LogP contribution in [0.1, 0.15) is 26.3 Å². The van der Waals surface area contributed by atoms with Crippen LogP contribution >= 0.6 is 0 Å². The minimum Gasteiger partial charge on any atom is -0.493 e. The Bertz CT molecular complexity index is 1710. The number of nitrogens with zero attached hydrogens (tertiary/aromatic N) is 3. The highest BCUT2D eigenvalue weighted by atomic mass is 16.5. The van der Waals surface area contributed by atoms with E-state index < -0.39 is 18.1 Å². The second-order valence-electron chi connectivity index (χ2n) is 10.1. The van der Waals surface area contributed by atoms with Crippen molar-refractivity contribution in [2.24, 2.45) is 0 Å². The average Bonchev–Trinajstić information content (AvgIpc) is 3.43. The van der Waals surface area contributed by atoms with Crippen molar-refractivity contribution in [3.05, 3.63) is 83.7 Å². The molecule has 1 saturated heterocycles. The van der Waals surface area contributed by atoms with Gasteiger partial charge in [0.1, 0.15) is 6.10 Å². The van der Waals surface area contributed by atoms with Crippen molar-refractivity contribution < 1.29 is 33.3 Å². The van der Waals surface area contributed by atoms with Gasteiger partial charge in [0.2, 0.25) is 0 Å². The Morgan fingerprint density at radius 3 is 2.53 bits per heavy atom. The lowest BCUT2D eigenvalue weighted by molar-refractivity contribution is -0.123. The van der Waals surface area contributed by atoms with Gasteiger partial charge in [-0.05, 0) is 54.1 Å². The van der Waals surface area contributed by atoms with Crippen LogP contribution in [0.2, 0.25) is 0 Å². The van der Waals surface area contributed by atoms with Gasteiger partial charge in [0.05, 0.1) is 37.8 Å². The molecule has 3 aliphatic heterocycles. The molecule has 1 fully saturated rings. The smallest absolute Gasteiger partial charge is 0.258 e. The summed E-state index contributed by atoms with van der Waals surface area (Å²) in [6, 6.07) is 14.6. The standard InChI is InChI=1S/C31H29N5O7/c1-40-24-8-5-19-13-27(24)42-17-29(37)34-14-18-3-7-25(26(11-18)41-2)43-28-16-36(15-23(28)35-30(19)38)31(39)20-4-6-21-22(12-20)33-10-9-32-21/h3-13,23,28H,14-17H2,1-2H3,(H,34,37)(H,35,38)/t23-,28-/m0/s1. The van der Waals surface area contributed by atoms with E-state index in [0.717, 1.165) is 5.56 Å². The maximum atomic E-state index is 13.6. The zero-order valence-electron chi connectivity index (χ0n) is 23.5. The third-order valence-electron chi connectivity index (χ3n) is 7.37. The molecule has 0 radical (unpaired) electrons. The fourth-order valence-corrected chi connectivity index (χ4v) is 5.14. The van der Waals surface area contributed by atoms with Gasteiger partial charge in [0, 0.05) is 36.6 Å². The van der Waals surface area contributed by atoms with E-state index in [-0.39, 0.29) is 43.8 Å². The van der Waals surface area contributed by atoms with Crippen molar-refractivity contribution in [1.29, 1.82) is 0 Å². The van der Waals surface area contributed by atoms with Crippen LogP contribution in [-0.4, -0.2) is 78.7 Å². The average molecular weight is 584 g/mol.